The van der Waals surface area contributed by atoms with Gasteiger partial charge in [-0.1, -0.05) is 12.1 Å². The number of methoxy groups -OCH3 is 1. The zero-order chi connectivity index (χ0) is 22.6. The molecule has 2 aliphatic heterocycles. The molecule has 0 atom stereocenters. The monoisotopic (exact) mass is 449 g/mol. The third kappa shape index (κ3) is 4.85. The third-order valence-corrected chi connectivity index (χ3v) is 5.66. The van der Waals surface area contributed by atoms with Crippen LogP contribution in [0.5, 0.6) is 17.2 Å². The van der Waals surface area contributed by atoms with Gasteiger partial charge in [-0.25, -0.2) is 0 Å². The van der Waals surface area contributed by atoms with Crippen molar-refractivity contribution >= 4 is 23.3 Å². The average Bonchev–Trinajstić information content (AvgIpc) is 2.84. The number of hydrogen-bond acceptors (Lipinski definition) is 10. The molecule has 1 saturated heterocycles. The molecule has 0 unspecified atom stereocenters. The molecular weight excluding hydrogens is 422 g/mol. The van der Waals surface area contributed by atoms with E-state index in [0.29, 0.717) is 37.3 Å². The van der Waals surface area contributed by atoms with Crippen LogP contribution in [0.2, 0.25) is 0 Å². The lowest BCUT2D eigenvalue weighted by Gasteiger charge is -2.36. The van der Waals surface area contributed by atoms with Gasteiger partial charge < -0.3 is 30.2 Å². The number of hydrogen-bond donors (Lipinski definition) is 2. The van der Waals surface area contributed by atoms with E-state index >= 15 is 0 Å². The van der Waals surface area contributed by atoms with E-state index in [9.17, 15) is 0 Å². The number of nitrogen functional groups attached to an aromatic ring is 1. The minimum atomic E-state index is 0.188. The van der Waals surface area contributed by atoms with E-state index in [1.54, 1.807) is 7.11 Å². The summed E-state index contributed by atoms with van der Waals surface area (Å²) in [4.78, 5) is 17.8. The molecule has 5 rings (SSSR count). The summed E-state index contributed by atoms with van der Waals surface area (Å²) in [6.45, 7) is 5.24. The van der Waals surface area contributed by atoms with Gasteiger partial charge in [0.25, 0.3) is 0 Å². The van der Waals surface area contributed by atoms with Gasteiger partial charge in [0.2, 0.25) is 11.9 Å². The van der Waals surface area contributed by atoms with E-state index in [2.05, 4.69) is 36.1 Å². The zero-order valence-corrected chi connectivity index (χ0v) is 18.5. The molecule has 0 radical (unpaired) electrons. The maximum absolute atomic E-state index is 5.97. The molecule has 0 aliphatic carbocycles. The van der Waals surface area contributed by atoms with Crippen LogP contribution in [0.4, 0.5) is 23.3 Å². The molecule has 3 heterocycles. The normalized spacial score (nSPS) is 15.8. The summed E-state index contributed by atoms with van der Waals surface area (Å²) in [5, 5.41) is 3.20. The molecule has 3 N–H and O–H groups in total. The maximum atomic E-state index is 5.97. The lowest BCUT2D eigenvalue weighted by Crippen LogP contribution is -2.46. The fourth-order valence-electron chi connectivity index (χ4n) is 4.05. The van der Waals surface area contributed by atoms with E-state index < -0.39 is 0 Å². The van der Waals surface area contributed by atoms with Gasteiger partial charge in [-0.3, -0.25) is 4.90 Å². The van der Waals surface area contributed by atoms with Crippen LogP contribution in [0.1, 0.15) is 5.82 Å². The molecule has 33 heavy (non-hydrogen) atoms. The number of nitrogens with zero attached hydrogens (tertiary/aromatic N) is 5. The summed E-state index contributed by atoms with van der Waals surface area (Å²) >= 11 is 0. The van der Waals surface area contributed by atoms with E-state index in [1.165, 1.54) is 0 Å². The largest absolute Gasteiger partial charge is 0.495 e. The summed E-state index contributed by atoms with van der Waals surface area (Å²) in [6.07, 6.45) is 0. The van der Waals surface area contributed by atoms with Crippen molar-refractivity contribution in [2.45, 2.75) is 6.54 Å². The van der Waals surface area contributed by atoms with Crippen LogP contribution in [0.15, 0.2) is 42.5 Å². The predicted octanol–water partition coefficient (Wildman–Crippen LogP) is 2.30. The topological polar surface area (TPSA) is 111 Å². The van der Waals surface area contributed by atoms with Crippen molar-refractivity contribution in [3.8, 4) is 17.2 Å². The average molecular weight is 450 g/mol. The Morgan fingerprint density at radius 2 is 1.76 bits per heavy atom. The lowest BCUT2D eigenvalue weighted by atomic mass is 10.2. The number of piperazine rings is 1. The fraction of sp³-hybridized carbons (Fsp3) is 0.348. The van der Waals surface area contributed by atoms with Gasteiger partial charge >= 0.3 is 0 Å². The molecular formula is C23H27N7O3. The van der Waals surface area contributed by atoms with Crippen LogP contribution in [0.25, 0.3) is 0 Å². The van der Waals surface area contributed by atoms with Crippen molar-refractivity contribution in [2.75, 3.05) is 62.5 Å². The van der Waals surface area contributed by atoms with Gasteiger partial charge in [-0.05, 0) is 24.3 Å². The summed E-state index contributed by atoms with van der Waals surface area (Å²) < 4.78 is 16.7. The fourth-order valence-corrected chi connectivity index (χ4v) is 4.05. The highest BCUT2D eigenvalue weighted by Crippen LogP contribution is 2.33. The molecule has 0 bridgehead atoms. The van der Waals surface area contributed by atoms with Crippen molar-refractivity contribution in [3.05, 3.63) is 48.3 Å². The van der Waals surface area contributed by atoms with Gasteiger partial charge in [0.05, 0.1) is 19.3 Å². The number of anilines is 4. The van der Waals surface area contributed by atoms with Gasteiger partial charge in [-0.2, -0.15) is 15.0 Å². The summed E-state index contributed by atoms with van der Waals surface area (Å²) in [7, 11) is 1.71. The van der Waals surface area contributed by atoms with Crippen molar-refractivity contribution < 1.29 is 14.2 Å². The molecule has 1 aromatic heterocycles. The summed E-state index contributed by atoms with van der Waals surface area (Å²) in [5.41, 5.74) is 7.88. The number of ether oxygens (including phenoxy) is 3. The highest BCUT2D eigenvalue weighted by Gasteiger charge is 2.21. The van der Waals surface area contributed by atoms with Crippen LogP contribution >= 0.6 is 0 Å². The second kappa shape index (κ2) is 9.37. The minimum Gasteiger partial charge on any atom is -0.495 e. The first-order valence-corrected chi connectivity index (χ1v) is 11.0. The number of nitrogens with one attached hydrogen (secondary N) is 1. The predicted molar refractivity (Wildman–Crippen MR) is 125 cm³/mol. The van der Waals surface area contributed by atoms with E-state index in [-0.39, 0.29) is 5.95 Å². The Labute approximate surface area is 192 Å². The van der Waals surface area contributed by atoms with Crippen LogP contribution in [0, 0.1) is 0 Å². The number of nitrogens with two attached hydrogens (primary N) is 1. The Kier molecular flexibility index (Phi) is 5.99. The Bertz CT molecular complexity index is 1120. The SMILES string of the molecule is COc1ccccc1N1CCN(Cc2nc(N)nc(Nc3ccc4c(c3)OCCO4)n2)CC1. The van der Waals surface area contributed by atoms with Crippen LogP contribution < -0.4 is 30.2 Å². The molecule has 0 saturated carbocycles. The molecule has 1 fully saturated rings. The molecule has 2 aliphatic rings. The molecule has 2 aromatic carbocycles. The third-order valence-electron chi connectivity index (χ3n) is 5.66. The highest BCUT2D eigenvalue weighted by molar-refractivity contribution is 5.60. The van der Waals surface area contributed by atoms with E-state index in [0.717, 1.165) is 49.1 Å². The highest BCUT2D eigenvalue weighted by atomic mass is 16.6. The molecule has 10 heteroatoms. The standard InChI is InChI=1S/C23H27N7O3/c1-31-18-5-3-2-4-17(18)30-10-8-29(9-11-30)15-21-26-22(24)28-23(27-21)25-16-6-7-19-20(14-16)33-13-12-32-19/h2-7,14H,8-13,15H2,1H3,(H3,24,25,26,27,28). The smallest absolute Gasteiger partial charge is 0.232 e. The Hall–Kier alpha value is -3.79. The number of para-hydroxylation sites is 2. The first-order chi connectivity index (χ1) is 16.2. The van der Waals surface area contributed by atoms with Crippen molar-refractivity contribution in [2.24, 2.45) is 0 Å². The van der Waals surface area contributed by atoms with Crippen LogP contribution in [-0.4, -0.2) is 66.4 Å². The Morgan fingerprint density at radius 3 is 2.58 bits per heavy atom. The number of rotatable bonds is 6. The second-order valence-electron chi connectivity index (χ2n) is 7.85. The Morgan fingerprint density at radius 1 is 0.970 bits per heavy atom. The maximum Gasteiger partial charge on any atom is 0.232 e. The number of benzene rings is 2. The van der Waals surface area contributed by atoms with Gasteiger partial charge in [0.1, 0.15) is 24.8 Å². The van der Waals surface area contributed by atoms with Gasteiger partial charge in [-0.15, -0.1) is 0 Å². The van der Waals surface area contributed by atoms with Crippen LogP contribution in [-0.2, 0) is 6.54 Å². The molecule has 172 valence electrons. The number of aromatic nitrogens is 3. The Balaban J connectivity index is 1.23. The molecule has 0 amide bonds. The second-order valence-corrected chi connectivity index (χ2v) is 7.85. The van der Waals surface area contributed by atoms with E-state index in [1.807, 2.05) is 36.4 Å². The summed E-state index contributed by atoms with van der Waals surface area (Å²) in [6, 6.07) is 13.7. The first-order valence-electron chi connectivity index (χ1n) is 11.0. The number of fused-ring (bicyclic) bond motifs is 1. The van der Waals surface area contributed by atoms with Crippen molar-refractivity contribution in [1.82, 2.24) is 19.9 Å². The van der Waals surface area contributed by atoms with Crippen molar-refractivity contribution in [1.29, 1.82) is 0 Å². The van der Waals surface area contributed by atoms with Crippen molar-refractivity contribution in [3.63, 3.8) is 0 Å². The molecule has 0 spiro atoms. The lowest BCUT2D eigenvalue weighted by molar-refractivity contribution is 0.171. The molecule has 3 aromatic rings. The van der Waals surface area contributed by atoms with Gasteiger partial charge in [0, 0.05) is 37.9 Å². The zero-order valence-electron chi connectivity index (χ0n) is 18.5. The van der Waals surface area contributed by atoms with Gasteiger partial charge in [0.15, 0.2) is 11.5 Å². The van der Waals surface area contributed by atoms with Crippen LogP contribution in [0.3, 0.4) is 0 Å². The minimum absolute atomic E-state index is 0.188. The first kappa shape index (κ1) is 21.1. The quantitative estimate of drug-likeness (QED) is 0.581. The molecule has 10 nitrogen and oxygen atoms in total. The summed E-state index contributed by atoms with van der Waals surface area (Å²) in [5.74, 6) is 3.55. The van der Waals surface area contributed by atoms with E-state index in [4.69, 9.17) is 19.9 Å².